The van der Waals surface area contributed by atoms with Gasteiger partial charge in [0.2, 0.25) is 5.49 Å². The van der Waals surface area contributed by atoms with E-state index in [-0.39, 0.29) is 0 Å². The highest BCUT2D eigenvalue weighted by Gasteiger charge is 2.46. The summed E-state index contributed by atoms with van der Waals surface area (Å²) in [5.41, 5.74) is 4.91. The lowest BCUT2D eigenvalue weighted by molar-refractivity contribution is -0.0264. The van der Waals surface area contributed by atoms with E-state index in [9.17, 15) is 15.3 Å². The molecule has 1 aliphatic rings. The van der Waals surface area contributed by atoms with Gasteiger partial charge in [0.1, 0.15) is 11.8 Å². The maximum absolute atomic E-state index is 10.8. The Bertz CT molecular complexity index is 1030. The molecule has 148 valence electrons. The quantitative estimate of drug-likeness (QED) is 0.401. The normalized spacial score (nSPS) is 26.7. The van der Waals surface area contributed by atoms with Gasteiger partial charge in [-0.3, -0.25) is 0 Å². The molecule has 1 aromatic carbocycles. The molecule has 3 aromatic rings. The molecule has 10 heteroatoms. The lowest BCUT2D eigenvalue weighted by Gasteiger charge is -2.22. The van der Waals surface area contributed by atoms with Crippen molar-refractivity contribution in [3.8, 4) is 0 Å². The Morgan fingerprint density at radius 3 is 2.71 bits per heavy atom. The third-order valence-electron chi connectivity index (χ3n) is 5.28. The molecule has 0 amide bonds. The van der Waals surface area contributed by atoms with E-state index in [4.69, 9.17) is 11.6 Å². The topological polar surface area (TPSA) is 132 Å². The number of hydrogen-bond donors (Lipinski definition) is 5. The van der Waals surface area contributed by atoms with Crippen LogP contribution in [0.2, 0.25) is 5.02 Å². The van der Waals surface area contributed by atoms with Gasteiger partial charge in [-0.25, -0.2) is 9.97 Å². The van der Waals surface area contributed by atoms with Crippen LogP contribution in [0.25, 0.3) is 11.2 Å². The summed E-state index contributed by atoms with van der Waals surface area (Å²) in [6.45, 7) is 0. The number of imidazole rings is 1. The number of nitrogens with zero attached hydrogens (tertiary/aromatic N) is 4. The van der Waals surface area contributed by atoms with Crippen molar-refractivity contribution in [2.75, 3.05) is 7.05 Å². The summed E-state index contributed by atoms with van der Waals surface area (Å²) in [6, 6.07) is 6.35. The van der Waals surface area contributed by atoms with Gasteiger partial charge in [-0.05, 0) is 24.1 Å². The second kappa shape index (κ2) is 7.51. The van der Waals surface area contributed by atoms with Crippen molar-refractivity contribution in [3.63, 3.8) is 0 Å². The average Bonchev–Trinajstić information content (AvgIpc) is 3.25. The fourth-order valence-corrected chi connectivity index (χ4v) is 3.99. The number of benzene rings is 1. The number of aromatic amines is 1. The molecule has 0 radical (unpaired) electrons. The number of rotatable bonds is 4. The Balaban J connectivity index is 1.67. The van der Waals surface area contributed by atoms with E-state index in [0.717, 1.165) is 0 Å². The Morgan fingerprint density at radius 1 is 1.25 bits per heavy atom. The molecule has 5 N–H and O–H groups in total. The number of hydrogen-bond acceptors (Lipinski definition) is 7. The minimum Gasteiger partial charge on any atom is -0.390 e. The monoisotopic (exact) mass is 404 g/mol. The van der Waals surface area contributed by atoms with E-state index in [1.165, 1.54) is 6.33 Å². The number of aromatic nitrogens is 4. The van der Waals surface area contributed by atoms with Gasteiger partial charge >= 0.3 is 0 Å². The fraction of sp³-hybridized carbons (Fsp3) is 0.389. The first kappa shape index (κ1) is 18.9. The van der Waals surface area contributed by atoms with E-state index < -0.39 is 30.3 Å². The Labute approximate surface area is 165 Å². The summed E-state index contributed by atoms with van der Waals surface area (Å²) in [5, 5.41) is 36.7. The van der Waals surface area contributed by atoms with Crippen LogP contribution in [0.1, 0.15) is 24.1 Å². The molecule has 1 aliphatic carbocycles. The Kier molecular flexibility index (Phi) is 5.07. The number of H-pyrrole nitrogens is 1. The molecule has 0 bridgehead atoms. The van der Waals surface area contributed by atoms with Gasteiger partial charge in [-0.1, -0.05) is 23.7 Å². The predicted octanol–water partition coefficient (Wildman–Crippen LogP) is 0.464. The smallest absolute Gasteiger partial charge is 0.202 e. The van der Waals surface area contributed by atoms with E-state index in [1.807, 2.05) is 0 Å². The maximum Gasteiger partial charge on any atom is 0.202 e. The number of aliphatic hydroxyl groups is 3. The van der Waals surface area contributed by atoms with Crippen molar-refractivity contribution < 1.29 is 15.3 Å². The first-order valence-corrected chi connectivity index (χ1v) is 9.29. The van der Waals surface area contributed by atoms with Crippen LogP contribution in [0.3, 0.4) is 0 Å². The van der Waals surface area contributed by atoms with Crippen LogP contribution >= 0.6 is 11.6 Å². The van der Waals surface area contributed by atoms with Crippen LogP contribution < -0.4 is 10.9 Å². The zero-order chi connectivity index (χ0) is 19.8. The van der Waals surface area contributed by atoms with Crippen LogP contribution in [0.15, 0.2) is 42.0 Å². The SMILES string of the molecule is CN/N=c1/nc[nH]c2c1ncn2C1C[C@H]([C@H](O)c2ccc(Cl)cc2)[C@@H](O)[C@H]1O. The maximum atomic E-state index is 10.8. The molecular formula is C18H21ClN6O3. The lowest BCUT2D eigenvalue weighted by Crippen LogP contribution is -2.31. The Hall–Kier alpha value is -2.46. The van der Waals surface area contributed by atoms with Gasteiger partial charge in [0, 0.05) is 18.0 Å². The predicted molar refractivity (Wildman–Crippen MR) is 102 cm³/mol. The third kappa shape index (κ3) is 3.16. The first-order valence-electron chi connectivity index (χ1n) is 8.91. The molecule has 0 spiro atoms. The molecule has 0 saturated heterocycles. The molecule has 9 nitrogen and oxygen atoms in total. The van der Waals surface area contributed by atoms with Crippen LogP contribution in [0.5, 0.6) is 0 Å². The van der Waals surface area contributed by atoms with Gasteiger partial charge in [0.15, 0.2) is 5.52 Å². The second-order valence-corrected chi connectivity index (χ2v) is 7.29. The largest absolute Gasteiger partial charge is 0.390 e. The van der Waals surface area contributed by atoms with Gasteiger partial charge < -0.3 is 30.3 Å². The van der Waals surface area contributed by atoms with E-state index >= 15 is 0 Å². The Morgan fingerprint density at radius 2 is 2.00 bits per heavy atom. The van der Waals surface area contributed by atoms with Gasteiger partial charge in [-0.2, -0.15) is 5.10 Å². The second-order valence-electron chi connectivity index (χ2n) is 6.86. The summed E-state index contributed by atoms with van der Waals surface area (Å²) in [6.07, 6.45) is 0.366. The van der Waals surface area contributed by atoms with Gasteiger partial charge in [0.05, 0.1) is 30.9 Å². The van der Waals surface area contributed by atoms with Crippen molar-refractivity contribution in [3.05, 3.63) is 53.0 Å². The highest BCUT2D eigenvalue weighted by atomic mass is 35.5. The minimum absolute atomic E-state index is 0.367. The molecule has 0 aliphatic heterocycles. The molecule has 2 heterocycles. The van der Waals surface area contributed by atoms with Crippen LogP contribution in [-0.4, -0.2) is 54.1 Å². The molecule has 5 atom stereocenters. The van der Waals surface area contributed by atoms with E-state index in [1.54, 1.807) is 42.2 Å². The summed E-state index contributed by atoms with van der Waals surface area (Å²) < 4.78 is 1.76. The highest BCUT2D eigenvalue weighted by Crippen LogP contribution is 2.42. The number of fused-ring (bicyclic) bond motifs is 1. The zero-order valence-electron chi connectivity index (χ0n) is 15.1. The van der Waals surface area contributed by atoms with Gasteiger partial charge in [-0.15, -0.1) is 0 Å². The summed E-state index contributed by atoms with van der Waals surface area (Å²) >= 11 is 5.91. The summed E-state index contributed by atoms with van der Waals surface area (Å²) in [7, 11) is 1.67. The van der Waals surface area contributed by atoms with Crippen molar-refractivity contribution in [1.82, 2.24) is 24.9 Å². The molecule has 2 aromatic heterocycles. The molecule has 28 heavy (non-hydrogen) atoms. The van der Waals surface area contributed by atoms with Crippen LogP contribution in [-0.2, 0) is 0 Å². The van der Waals surface area contributed by atoms with E-state index in [2.05, 4.69) is 25.5 Å². The van der Waals surface area contributed by atoms with E-state index in [0.29, 0.717) is 33.7 Å². The number of aliphatic hydroxyl groups excluding tert-OH is 3. The molecule has 4 rings (SSSR count). The molecule has 1 unspecified atom stereocenters. The van der Waals surface area contributed by atoms with Gasteiger partial charge in [0.25, 0.3) is 0 Å². The average molecular weight is 405 g/mol. The molecule has 1 fully saturated rings. The molecule has 1 saturated carbocycles. The number of halogens is 1. The summed E-state index contributed by atoms with van der Waals surface area (Å²) in [5.74, 6) is -0.540. The highest BCUT2D eigenvalue weighted by molar-refractivity contribution is 6.30. The number of nitrogens with one attached hydrogen (secondary N) is 2. The first-order chi connectivity index (χ1) is 13.5. The minimum atomic E-state index is -1.09. The summed E-state index contributed by atoms with van der Waals surface area (Å²) in [4.78, 5) is 11.5. The van der Waals surface area contributed by atoms with Crippen LogP contribution in [0, 0.1) is 5.92 Å². The standard InChI is InChI=1S/C18H21ClN6O3/c1-20-24-17-13-18(22-7-21-17)25(8-23-13)12-6-11(15(27)16(12)28)14(26)9-2-4-10(19)5-3-9/h2-5,7-8,11-12,14-16,20,26-28H,6H2,1H3,(H,21,22,24)/t11-,12?,14-,15-,16+/m1/s1. The zero-order valence-corrected chi connectivity index (χ0v) is 15.8. The van der Waals surface area contributed by atoms with Crippen molar-refractivity contribution in [2.24, 2.45) is 11.0 Å². The lowest BCUT2D eigenvalue weighted by atomic mass is 9.92. The fourth-order valence-electron chi connectivity index (χ4n) is 3.86. The van der Waals surface area contributed by atoms with Crippen molar-refractivity contribution in [2.45, 2.75) is 30.8 Å². The van der Waals surface area contributed by atoms with Crippen LogP contribution in [0.4, 0.5) is 0 Å². The third-order valence-corrected chi connectivity index (χ3v) is 5.53. The molecular weight excluding hydrogens is 384 g/mol. The van der Waals surface area contributed by atoms with Crippen molar-refractivity contribution >= 4 is 22.8 Å². The van der Waals surface area contributed by atoms with Crippen molar-refractivity contribution in [1.29, 1.82) is 0 Å².